The van der Waals surface area contributed by atoms with E-state index in [1.807, 2.05) is 7.05 Å². The Bertz CT molecular complexity index is 207. The highest BCUT2D eigenvalue weighted by atomic mass is 16.4. The lowest BCUT2D eigenvalue weighted by Crippen LogP contribution is -2.42. The minimum absolute atomic E-state index is 0.252. The van der Waals surface area contributed by atoms with Crippen LogP contribution in [0.15, 0.2) is 0 Å². The number of carbonyl (C=O) groups is 1. The number of carboxylic acids is 1. The van der Waals surface area contributed by atoms with Crippen LogP contribution in [0.4, 0.5) is 0 Å². The van der Waals surface area contributed by atoms with Crippen molar-refractivity contribution in [3.05, 3.63) is 0 Å². The minimum Gasteiger partial charge on any atom is -0.481 e. The zero-order chi connectivity index (χ0) is 11.3. The van der Waals surface area contributed by atoms with Crippen LogP contribution in [0, 0.1) is 11.8 Å². The van der Waals surface area contributed by atoms with E-state index in [0.717, 1.165) is 19.6 Å². The van der Waals surface area contributed by atoms with Crippen LogP contribution < -0.4 is 5.32 Å². The summed E-state index contributed by atoms with van der Waals surface area (Å²) in [6.45, 7) is 5.60. The largest absolute Gasteiger partial charge is 0.481 e. The first-order valence-electron chi connectivity index (χ1n) is 5.73. The van der Waals surface area contributed by atoms with E-state index >= 15 is 0 Å². The van der Waals surface area contributed by atoms with Gasteiger partial charge in [-0.25, -0.2) is 0 Å². The summed E-state index contributed by atoms with van der Waals surface area (Å²) in [5.74, 6) is -0.256. The molecule has 1 rings (SSSR count). The molecule has 1 aliphatic heterocycles. The van der Waals surface area contributed by atoms with Crippen LogP contribution in [0.1, 0.15) is 19.8 Å². The van der Waals surface area contributed by atoms with Crippen molar-refractivity contribution in [1.82, 2.24) is 10.2 Å². The first kappa shape index (κ1) is 12.5. The molecule has 0 radical (unpaired) electrons. The van der Waals surface area contributed by atoms with Gasteiger partial charge in [-0.05, 0) is 38.9 Å². The van der Waals surface area contributed by atoms with Crippen molar-refractivity contribution in [2.24, 2.45) is 11.8 Å². The SMILES string of the molecule is CNCC1CCCN(CC(C)C(=O)O)C1. The zero-order valence-corrected chi connectivity index (χ0v) is 9.70. The summed E-state index contributed by atoms with van der Waals surface area (Å²) in [4.78, 5) is 13.0. The second-order valence-corrected chi connectivity index (χ2v) is 4.56. The number of rotatable bonds is 5. The fourth-order valence-corrected chi connectivity index (χ4v) is 2.24. The molecule has 0 saturated carbocycles. The van der Waals surface area contributed by atoms with Gasteiger partial charge in [0.1, 0.15) is 0 Å². The van der Waals surface area contributed by atoms with E-state index in [4.69, 9.17) is 5.11 Å². The maximum atomic E-state index is 10.7. The maximum absolute atomic E-state index is 10.7. The third-order valence-electron chi connectivity index (χ3n) is 3.05. The van der Waals surface area contributed by atoms with Crippen LogP contribution in [-0.4, -0.2) is 49.2 Å². The van der Waals surface area contributed by atoms with Gasteiger partial charge in [-0.1, -0.05) is 6.92 Å². The molecule has 4 nitrogen and oxygen atoms in total. The first-order chi connectivity index (χ1) is 7.13. The molecule has 1 heterocycles. The van der Waals surface area contributed by atoms with Gasteiger partial charge >= 0.3 is 5.97 Å². The second kappa shape index (κ2) is 6.08. The van der Waals surface area contributed by atoms with Gasteiger partial charge in [0.25, 0.3) is 0 Å². The lowest BCUT2D eigenvalue weighted by molar-refractivity contribution is -0.141. The van der Waals surface area contributed by atoms with Crippen LogP contribution in [0.3, 0.4) is 0 Å². The molecule has 0 amide bonds. The third kappa shape index (κ3) is 4.18. The number of aliphatic carboxylic acids is 1. The summed E-state index contributed by atoms with van der Waals surface area (Å²) in [6.07, 6.45) is 2.46. The summed E-state index contributed by atoms with van der Waals surface area (Å²) in [7, 11) is 1.97. The summed E-state index contributed by atoms with van der Waals surface area (Å²) in [6, 6.07) is 0. The number of nitrogens with one attached hydrogen (secondary N) is 1. The summed E-state index contributed by atoms with van der Waals surface area (Å²) < 4.78 is 0. The molecule has 2 unspecified atom stereocenters. The van der Waals surface area contributed by atoms with Gasteiger partial charge < -0.3 is 15.3 Å². The predicted octanol–water partition coefficient (Wildman–Crippen LogP) is 0.639. The topological polar surface area (TPSA) is 52.6 Å². The van der Waals surface area contributed by atoms with E-state index in [0.29, 0.717) is 12.5 Å². The molecule has 1 fully saturated rings. The molecular formula is C11H22N2O2. The van der Waals surface area contributed by atoms with Gasteiger partial charge in [0.2, 0.25) is 0 Å². The van der Waals surface area contributed by atoms with E-state index in [-0.39, 0.29) is 5.92 Å². The standard InChI is InChI=1S/C11H22N2O2/c1-9(11(14)15)7-13-5-3-4-10(8-13)6-12-2/h9-10,12H,3-8H2,1-2H3,(H,14,15). The molecule has 1 aliphatic rings. The molecular weight excluding hydrogens is 192 g/mol. The normalized spacial score (nSPS) is 25.1. The molecule has 88 valence electrons. The number of likely N-dealkylation sites (tertiary alicyclic amines) is 1. The molecule has 1 saturated heterocycles. The highest BCUT2D eigenvalue weighted by molar-refractivity contribution is 5.69. The maximum Gasteiger partial charge on any atom is 0.307 e. The van der Waals surface area contributed by atoms with E-state index in [1.165, 1.54) is 12.8 Å². The zero-order valence-electron chi connectivity index (χ0n) is 9.70. The molecule has 0 spiro atoms. The summed E-state index contributed by atoms with van der Waals surface area (Å²) in [5, 5.41) is 12.0. The number of nitrogens with zero attached hydrogens (tertiary/aromatic N) is 1. The summed E-state index contributed by atoms with van der Waals surface area (Å²) in [5.41, 5.74) is 0. The molecule has 0 aromatic rings. The van der Waals surface area contributed by atoms with Crippen molar-refractivity contribution >= 4 is 5.97 Å². The van der Waals surface area contributed by atoms with Crippen LogP contribution in [0.2, 0.25) is 0 Å². The highest BCUT2D eigenvalue weighted by Gasteiger charge is 2.22. The van der Waals surface area contributed by atoms with E-state index < -0.39 is 5.97 Å². The Balaban J connectivity index is 2.32. The smallest absolute Gasteiger partial charge is 0.307 e. The third-order valence-corrected chi connectivity index (χ3v) is 3.05. The van der Waals surface area contributed by atoms with Crippen LogP contribution in [-0.2, 0) is 4.79 Å². The van der Waals surface area contributed by atoms with Crippen molar-refractivity contribution in [2.75, 3.05) is 33.2 Å². The number of hydrogen-bond acceptors (Lipinski definition) is 3. The Morgan fingerprint density at radius 3 is 3.00 bits per heavy atom. The molecule has 4 heteroatoms. The number of carboxylic acid groups (broad SMARTS) is 1. The lowest BCUT2D eigenvalue weighted by atomic mass is 9.97. The van der Waals surface area contributed by atoms with Crippen molar-refractivity contribution < 1.29 is 9.90 Å². The fraction of sp³-hybridized carbons (Fsp3) is 0.909. The fourth-order valence-electron chi connectivity index (χ4n) is 2.24. The van der Waals surface area contributed by atoms with Crippen molar-refractivity contribution in [2.45, 2.75) is 19.8 Å². The number of piperidine rings is 1. The second-order valence-electron chi connectivity index (χ2n) is 4.56. The monoisotopic (exact) mass is 214 g/mol. The molecule has 15 heavy (non-hydrogen) atoms. The van der Waals surface area contributed by atoms with Gasteiger partial charge in [-0.3, -0.25) is 4.79 Å². The average Bonchev–Trinajstić information content (AvgIpc) is 2.18. The van der Waals surface area contributed by atoms with Gasteiger partial charge in [0, 0.05) is 13.1 Å². The Hall–Kier alpha value is -0.610. The van der Waals surface area contributed by atoms with E-state index in [1.54, 1.807) is 6.92 Å². The van der Waals surface area contributed by atoms with Crippen LogP contribution in [0.25, 0.3) is 0 Å². The van der Waals surface area contributed by atoms with Crippen molar-refractivity contribution in [3.63, 3.8) is 0 Å². The molecule has 0 bridgehead atoms. The van der Waals surface area contributed by atoms with Gasteiger partial charge in [-0.2, -0.15) is 0 Å². The van der Waals surface area contributed by atoms with E-state index in [2.05, 4.69) is 10.2 Å². The van der Waals surface area contributed by atoms with Crippen LogP contribution >= 0.6 is 0 Å². The Morgan fingerprint density at radius 2 is 2.40 bits per heavy atom. The highest BCUT2D eigenvalue weighted by Crippen LogP contribution is 2.16. The Kier molecular flexibility index (Phi) is 5.05. The molecule has 0 aromatic heterocycles. The van der Waals surface area contributed by atoms with Gasteiger partial charge in [-0.15, -0.1) is 0 Å². The first-order valence-corrected chi connectivity index (χ1v) is 5.73. The molecule has 2 atom stereocenters. The Labute approximate surface area is 91.6 Å². The van der Waals surface area contributed by atoms with E-state index in [9.17, 15) is 4.79 Å². The average molecular weight is 214 g/mol. The lowest BCUT2D eigenvalue weighted by Gasteiger charge is -2.33. The van der Waals surface area contributed by atoms with Crippen molar-refractivity contribution in [3.8, 4) is 0 Å². The van der Waals surface area contributed by atoms with Gasteiger partial charge in [0.05, 0.1) is 5.92 Å². The quantitative estimate of drug-likeness (QED) is 0.705. The van der Waals surface area contributed by atoms with Crippen LogP contribution in [0.5, 0.6) is 0 Å². The molecule has 2 N–H and O–H groups in total. The molecule has 0 aliphatic carbocycles. The summed E-state index contributed by atoms with van der Waals surface area (Å²) >= 11 is 0. The van der Waals surface area contributed by atoms with Crippen molar-refractivity contribution in [1.29, 1.82) is 0 Å². The Morgan fingerprint density at radius 1 is 1.67 bits per heavy atom. The van der Waals surface area contributed by atoms with Gasteiger partial charge in [0.15, 0.2) is 0 Å². The number of hydrogen-bond donors (Lipinski definition) is 2. The predicted molar refractivity (Wildman–Crippen MR) is 59.9 cm³/mol. The molecule has 0 aromatic carbocycles. The minimum atomic E-state index is -0.689.